The van der Waals surface area contributed by atoms with Crippen molar-refractivity contribution in [3.8, 4) is 0 Å². The van der Waals surface area contributed by atoms with Gasteiger partial charge in [-0.25, -0.2) is 0 Å². The molecule has 0 bridgehead atoms. The normalized spacial score (nSPS) is 16.5. The van der Waals surface area contributed by atoms with Crippen molar-refractivity contribution in [2.75, 3.05) is 32.7 Å². The van der Waals surface area contributed by atoms with Crippen LogP contribution in [0.2, 0.25) is 0 Å². The van der Waals surface area contributed by atoms with Crippen molar-refractivity contribution in [3.05, 3.63) is 95.9 Å². The van der Waals surface area contributed by atoms with Gasteiger partial charge in [0.1, 0.15) is 5.76 Å². The summed E-state index contributed by atoms with van der Waals surface area (Å²) in [5.74, 6) is 0.816. The highest BCUT2D eigenvalue weighted by Crippen LogP contribution is 2.29. The maximum absolute atomic E-state index is 12.5. The second-order valence-electron chi connectivity index (χ2n) is 7.84. The molecule has 1 atom stereocenters. The van der Waals surface area contributed by atoms with Crippen LogP contribution >= 0.6 is 0 Å². The Balaban J connectivity index is 1.36. The molecule has 2 heterocycles. The molecule has 156 valence electrons. The Morgan fingerprint density at radius 2 is 1.50 bits per heavy atom. The number of amides is 1. The topological polar surface area (TPSA) is 48.7 Å². The van der Waals surface area contributed by atoms with Crippen LogP contribution in [0.15, 0.2) is 83.5 Å². The van der Waals surface area contributed by atoms with E-state index in [-0.39, 0.29) is 18.0 Å². The van der Waals surface area contributed by atoms with Crippen molar-refractivity contribution < 1.29 is 9.21 Å². The second-order valence-corrected chi connectivity index (χ2v) is 7.84. The summed E-state index contributed by atoms with van der Waals surface area (Å²) in [6.07, 6.45) is 1.63. The van der Waals surface area contributed by atoms with Gasteiger partial charge in [0.25, 0.3) is 0 Å². The number of piperazine rings is 1. The molecule has 0 unspecified atom stereocenters. The number of carbonyl (C=O) groups excluding carboxylic acids is 1. The van der Waals surface area contributed by atoms with E-state index in [1.807, 2.05) is 19.1 Å². The van der Waals surface area contributed by atoms with Crippen LogP contribution in [-0.2, 0) is 4.79 Å². The monoisotopic (exact) mass is 403 g/mol. The molecule has 2 aromatic carbocycles. The zero-order chi connectivity index (χ0) is 20.8. The first-order valence-electron chi connectivity index (χ1n) is 10.6. The third-order valence-electron chi connectivity index (χ3n) is 5.72. The smallest absolute Gasteiger partial charge is 0.234 e. The van der Waals surface area contributed by atoms with Gasteiger partial charge >= 0.3 is 0 Å². The van der Waals surface area contributed by atoms with Gasteiger partial charge in [0.15, 0.2) is 0 Å². The van der Waals surface area contributed by atoms with E-state index in [0.717, 1.165) is 31.9 Å². The van der Waals surface area contributed by atoms with Gasteiger partial charge in [-0.3, -0.25) is 14.6 Å². The summed E-state index contributed by atoms with van der Waals surface area (Å²) < 4.78 is 5.38. The predicted octanol–water partition coefficient (Wildman–Crippen LogP) is 3.86. The number of hydrogen-bond donors (Lipinski definition) is 1. The van der Waals surface area contributed by atoms with Crippen molar-refractivity contribution >= 4 is 5.91 Å². The fourth-order valence-corrected chi connectivity index (χ4v) is 4.16. The van der Waals surface area contributed by atoms with E-state index in [9.17, 15) is 4.79 Å². The van der Waals surface area contributed by atoms with Gasteiger partial charge in [-0.05, 0) is 30.2 Å². The fraction of sp³-hybridized carbons (Fsp3) is 0.320. The second kappa shape index (κ2) is 9.74. The van der Waals surface area contributed by atoms with Crippen molar-refractivity contribution in [1.29, 1.82) is 0 Å². The summed E-state index contributed by atoms with van der Waals surface area (Å²) in [6, 6.07) is 25.2. The Morgan fingerprint density at radius 3 is 2.03 bits per heavy atom. The number of carbonyl (C=O) groups is 1. The first kappa shape index (κ1) is 20.4. The van der Waals surface area contributed by atoms with Crippen LogP contribution in [-0.4, -0.2) is 48.4 Å². The number of benzene rings is 2. The molecular formula is C25H29N3O2. The largest absolute Gasteiger partial charge is 0.467 e. The van der Waals surface area contributed by atoms with Gasteiger partial charge in [-0.15, -0.1) is 0 Å². The standard InChI is InChI=1S/C25H29N3O2/c1-20(23-13-8-18-30-23)26-24(29)19-27-14-16-28(17-15-27)25(21-9-4-2-5-10-21)22-11-6-3-7-12-22/h2-13,18,20,25H,14-17,19H2,1H3,(H,26,29)/t20-/m1/s1. The first-order valence-corrected chi connectivity index (χ1v) is 10.6. The van der Waals surface area contributed by atoms with Crippen molar-refractivity contribution in [2.24, 2.45) is 0 Å². The maximum Gasteiger partial charge on any atom is 0.234 e. The molecule has 1 aliphatic rings. The van der Waals surface area contributed by atoms with E-state index in [1.165, 1.54) is 11.1 Å². The van der Waals surface area contributed by atoms with E-state index in [0.29, 0.717) is 6.54 Å². The van der Waals surface area contributed by atoms with Gasteiger partial charge in [-0.2, -0.15) is 0 Å². The highest BCUT2D eigenvalue weighted by molar-refractivity contribution is 5.78. The molecule has 0 aliphatic carbocycles. The Hall–Kier alpha value is -2.89. The van der Waals surface area contributed by atoms with Crippen molar-refractivity contribution in [2.45, 2.75) is 19.0 Å². The Morgan fingerprint density at radius 1 is 0.900 bits per heavy atom. The van der Waals surface area contributed by atoms with Crippen molar-refractivity contribution in [3.63, 3.8) is 0 Å². The number of nitrogens with zero attached hydrogens (tertiary/aromatic N) is 2. The van der Waals surface area contributed by atoms with E-state index < -0.39 is 0 Å². The quantitative estimate of drug-likeness (QED) is 0.651. The molecule has 1 aliphatic heterocycles. The molecule has 5 nitrogen and oxygen atoms in total. The minimum Gasteiger partial charge on any atom is -0.467 e. The third-order valence-corrected chi connectivity index (χ3v) is 5.72. The molecule has 4 rings (SSSR count). The Kier molecular flexibility index (Phi) is 6.62. The predicted molar refractivity (Wildman–Crippen MR) is 118 cm³/mol. The molecular weight excluding hydrogens is 374 g/mol. The summed E-state index contributed by atoms with van der Waals surface area (Å²) in [5, 5.41) is 3.03. The lowest BCUT2D eigenvalue weighted by molar-refractivity contribution is -0.123. The lowest BCUT2D eigenvalue weighted by Crippen LogP contribution is -2.50. The summed E-state index contributed by atoms with van der Waals surface area (Å²) in [7, 11) is 0. The van der Waals surface area contributed by atoms with Gasteiger partial charge in [0, 0.05) is 26.2 Å². The summed E-state index contributed by atoms with van der Waals surface area (Å²) in [5.41, 5.74) is 2.62. The first-order chi connectivity index (χ1) is 14.7. The molecule has 0 radical (unpaired) electrons. The van der Waals surface area contributed by atoms with Crippen LogP contribution in [0.1, 0.15) is 35.9 Å². The molecule has 3 aromatic rings. The fourth-order valence-electron chi connectivity index (χ4n) is 4.16. The average molecular weight is 404 g/mol. The lowest BCUT2D eigenvalue weighted by atomic mass is 9.96. The van der Waals surface area contributed by atoms with E-state index in [1.54, 1.807) is 6.26 Å². The number of furan rings is 1. The molecule has 30 heavy (non-hydrogen) atoms. The Bertz CT molecular complexity index is 865. The van der Waals surface area contributed by atoms with Gasteiger partial charge in [0.2, 0.25) is 5.91 Å². The number of rotatable bonds is 7. The molecule has 5 heteroatoms. The van der Waals surface area contributed by atoms with Crippen LogP contribution in [0, 0.1) is 0 Å². The lowest BCUT2D eigenvalue weighted by Gasteiger charge is -2.39. The minimum absolute atomic E-state index is 0.0371. The number of hydrogen-bond acceptors (Lipinski definition) is 4. The van der Waals surface area contributed by atoms with Crippen LogP contribution in [0.25, 0.3) is 0 Å². The highest BCUT2D eigenvalue weighted by atomic mass is 16.3. The zero-order valence-electron chi connectivity index (χ0n) is 17.4. The Labute approximate surface area is 178 Å². The van der Waals surface area contributed by atoms with Crippen LogP contribution in [0.5, 0.6) is 0 Å². The number of nitrogens with one attached hydrogen (secondary N) is 1. The summed E-state index contributed by atoms with van der Waals surface area (Å²) >= 11 is 0. The molecule has 0 saturated carbocycles. The van der Waals surface area contributed by atoms with E-state index in [4.69, 9.17) is 4.42 Å². The van der Waals surface area contributed by atoms with Crippen LogP contribution in [0.4, 0.5) is 0 Å². The summed E-state index contributed by atoms with van der Waals surface area (Å²) in [4.78, 5) is 17.2. The van der Waals surface area contributed by atoms with Crippen molar-refractivity contribution in [1.82, 2.24) is 15.1 Å². The molecule has 1 aromatic heterocycles. The molecule has 1 saturated heterocycles. The zero-order valence-corrected chi connectivity index (χ0v) is 17.4. The van der Waals surface area contributed by atoms with Gasteiger partial charge in [-0.1, -0.05) is 60.7 Å². The van der Waals surface area contributed by atoms with E-state index in [2.05, 4.69) is 75.8 Å². The van der Waals surface area contributed by atoms with E-state index >= 15 is 0 Å². The summed E-state index contributed by atoms with van der Waals surface area (Å²) in [6.45, 7) is 5.96. The molecule has 0 spiro atoms. The average Bonchev–Trinajstić information content (AvgIpc) is 3.32. The molecule has 1 N–H and O–H groups in total. The maximum atomic E-state index is 12.5. The van der Waals surface area contributed by atoms with Gasteiger partial charge < -0.3 is 9.73 Å². The highest BCUT2D eigenvalue weighted by Gasteiger charge is 2.27. The SMILES string of the molecule is C[C@@H](NC(=O)CN1CCN(C(c2ccccc2)c2ccccc2)CC1)c1ccco1. The van der Waals surface area contributed by atoms with Crippen LogP contribution < -0.4 is 5.32 Å². The minimum atomic E-state index is -0.116. The molecule has 1 fully saturated rings. The molecule has 1 amide bonds. The third kappa shape index (κ3) is 4.99. The van der Waals surface area contributed by atoms with Gasteiger partial charge in [0.05, 0.1) is 24.9 Å². The van der Waals surface area contributed by atoms with Crippen LogP contribution in [0.3, 0.4) is 0 Å².